The minimum absolute atomic E-state index is 0.0399. The Labute approximate surface area is 246 Å². The monoisotopic (exact) mass is 585 g/mol. The number of ether oxygens (including phenoxy) is 4. The number of nitrogens with two attached hydrogens (primary N) is 1. The Hall–Kier alpha value is -4.75. The summed E-state index contributed by atoms with van der Waals surface area (Å²) >= 11 is 0. The molecule has 0 unspecified atom stereocenters. The number of benzene rings is 3. The summed E-state index contributed by atoms with van der Waals surface area (Å²) in [6.45, 7) is -0.482. The fraction of sp³-hybridized carbons (Fsp3) is 0.258. The Balaban J connectivity index is 1.58. The van der Waals surface area contributed by atoms with Gasteiger partial charge in [0.1, 0.15) is 35.4 Å². The van der Waals surface area contributed by atoms with Gasteiger partial charge in [0.15, 0.2) is 17.4 Å². The standard InChI is InChI=1S/C31H31N5O7/c1-40-21-12-8-19(9-13-21)31(18-6-4-3-5-7-18,20-10-14-22(41-2)15-11-20)43-26-25(38)23(16-37)42-29(26)36-17-33-24-27(36)34-30(32)35-28(24)39/h3-15,17,23,25-26,29,37-38H,16H2,1-2H3,(H3,32,34,35,39)/t23-,25-,26-,29-/m1/s1. The molecular weight excluding hydrogens is 554 g/mol. The highest BCUT2D eigenvalue weighted by Gasteiger charge is 2.51. The number of hydrogen-bond acceptors (Lipinski definition) is 10. The third-order valence-electron chi connectivity index (χ3n) is 7.70. The van der Waals surface area contributed by atoms with Gasteiger partial charge in [-0.15, -0.1) is 0 Å². The van der Waals surface area contributed by atoms with Crippen molar-refractivity contribution in [3.8, 4) is 11.5 Å². The summed E-state index contributed by atoms with van der Waals surface area (Å²) in [5.74, 6) is 1.20. The predicted molar refractivity (Wildman–Crippen MR) is 157 cm³/mol. The number of aliphatic hydroxyl groups excluding tert-OH is 2. The molecule has 0 aliphatic carbocycles. The molecule has 0 radical (unpaired) electrons. The molecule has 0 saturated carbocycles. The van der Waals surface area contributed by atoms with E-state index in [1.807, 2.05) is 78.9 Å². The van der Waals surface area contributed by atoms with E-state index in [-0.39, 0.29) is 17.1 Å². The predicted octanol–water partition coefficient (Wildman–Crippen LogP) is 2.35. The number of aromatic nitrogens is 4. The van der Waals surface area contributed by atoms with Crippen molar-refractivity contribution in [3.05, 3.63) is 112 Å². The second-order valence-electron chi connectivity index (χ2n) is 10.1. The molecule has 4 atom stereocenters. The van der Waals surface area contributed by atoms with E-state index in [1.165, 1.54) is 10.9 Å². The van der Waals surface area contributed by atoms with Crippen LogP contribution < -0.4 is 20.8 Å². The number of nitrogen functional groups attached to an aromatic ring is 1. The van der Waals surface area contributed by atoms with E-state index in [1.54, 1.807) is 14.2 Å². The zero-order valence-corrected chi connectivity index (χ0v) is 23.5. The van der Waals surface area contributed by atoms with E-state index in [9.17, 15) is 15.0 Å². The van der Waals surface area contributed by atoms with Crippen LogP contribution in [0.5, 0.6) is 11.5 Å². The molecule has 5 N–H and O–H groups in total. The lowest BCUT2D eigenvalue weighted by molar-refractivity contribution is -0.122. The highest BCUT2D eigenvalue weighted by molar-refractivity contribution is 5.70. The highest BCUT2D eigenvalue weighted by atomic mass is 16.6. The summed E-state index contributed by atoms with van der Waals surface area (Å²) in [5, 5.41) is 21.7. The molecule has 0 amide bonds. The maximum absolute atomic E-state index is 12.5. The first-order valence-corrected chi connectivity index (χ1v) is 13.6. The normalized spacial score (nSPS) is 20.4. The van der Waals surface area contributed by atoms with Gasteiger partial charge in [-0.1, -0.05) is 54.6 Å². The van der Waals surface area contributed by atoms with Gasteiger partial charge in [0.25, 0.3) is 5.56 Å². The summed E-state index contributed by atoms with van der Waals surface area (Å²) in [6.07, 6.45) is -3.06. The number of nitrogens with one attached hydrogen (secondary N) is 1. The second-order valence-corrected chi connectivity index (χ2v) is 10.1. The SMILES string of the molecule is COc1ccc(C(O[C@@H]2[C@H](O)[C@@H](CO)O[C@H]2n2cnc3c(=O)[nH]c(N)nc32)(c2ccccc2)c2ccc(OC)cc2)cc1. The molecule has 5 aromatic rings. The lowest BCUT2D eigenvalue weighted by atomic mass is 9.79. The Morgan fingerprint density at radius 3 is 2.09 bits per heavy atom. The van der Waals surface area contributed by atoms with Gasteiger partial charge in [0.2, 0.25) is 5.95 Å². The number of nitrogens with zero attached hydrogens (tertiary/aromatic N) is 3. The van der Waals surface area contributed by atoms with Crippen molar-refractivity contribution in [2.45, 2.75) is 30.1 Å². The number of anilines is 1. The number of aromatic amines is 1. The first kappa shape index (κ1) is 28.4. The molecule has 6 rings (SSSR count). The molecule has 0 bridgehead atoms. The summed E-state index contributed by atoms with van der Waals surface area (Å²) in [7, 11) is 3.18. The molecule has 222 valence electrons. The summed E-state index contributed by atoms with van der Waals surface area (Å²) in [6, 6.07) is 24.5. The van der Waals surface area contributed by atoms with Gasteiger partial charge in [0.05, 0.1) is 27.2 Å². The molecule has 12 heteroatoms. The van der Waals surface area contributed by atoms with E-state index in [0.29, 0.717) is 11.5 Å². The van der Waals surface area contributed by atoms with E-state index < -0.39 is 42.3 Å². The number of rotatable bonds is 9. The van der Waals surface area contributed by atoms with Crippen LogP contribution in [0.4, 0.5) is 5.95 Å². The first-order valence-electron chi connectivity index (χ1n) is 13.6. The Morgan fingerprint density at radius 2 is 1.53 bits per heavy atom. The molecule has 2 aromatic heterocycles. The molecule has 0 spiro atoms. The zero-order valence-electron chi connectivity index (χ0n) is 23.5. The number of imidazole rings is 1. The molecule has 1 aliphatic heterocycles. The number of methoxy groups -OCH3 is 2. The molecule has 1 saturated heterocycles. The van der Waals surface area contributed by atoms with Crippen molar-refractivity contribution in [1.82, 2.24) is 19.5 Å². The number of H-pyrrole nitrogens is 1. The number of aliphatic hydroxyl groups is 2. The van der Waals surface area contributed by atoms with Gasteiger partial charge in [-0.2, -0.15) is 4.98 Å². The maximum atomic E-state index is 12.5. The van der Waals surface area contributed by atoms with E-state index in [2.05, 4.69) is 15.0 Å². The van der Waals surface area contributed by atoms with Crippen molar-refractivity contribution < 1.29 is 29.2 Å². The van der Waals surface area contributed by atoms with Crippen LogP contribution in [0.3, 0.4) is 0 Å². The maximum Gasteiger partial charge on any atom is 0.280 e. The second kappa shape index (κ2) is 11.5. The molecule has 1 fully saturated rings. The Kier molecular flexibility index (Phi) is 7.59. The Morgan fingerprint density at radius 1 is 0.953 bits per heavy atom. The van der Waals surface area contributed by atoms with E-state index in [4.69, 9.17) is 24.7 Å². The smallest absolute Gasteiger partial charge is 0.280 e. The molecule has 12 nitrogen and oxygen atoms in total. The van der Waals surface area contributed by atoms with Gasteiger partial charge in [-0.25, -0.2) is 4.98 Å². The third kappa shape index (κ3) is 4.89. The fourth-order valence-electron chi connectivity index (χ4n) is 5.58. The minimum atomic E-state index is -1.31. The van der Waals surface area contributed by atoms with E-state index >= 15 is 0 Å². The van der Waals surface area contributed by atoms with Crippen molar-refractivity contribution in [1.29, 1.82) is 0 Å². The van der Waals surface area contributed by atoms with Crippen LogP contribution in [0.15, 0.2) is 90.0 Å². The van der Waals surface area contributed by atoms with Crippen molar-refractivity contribution >= 4 is 17.1 Å². The van der Waals surface area contributed by atoms with Crippen LogP contribution >= 0.6 is 0 Å². The van der Waals surface area contributed by atoms with Crippen molar-refractivity contribution in [3.63, 3.8) is 0 Å². The largest absolute Gasteiger partial charge is 0.497 e. The lowest BCUT2D eigenvalue weighted by Crippen LogP contribution is -2.44. The first-order chi connectivity index (χ1) is 20.9. The average Bonchev–Trinajstić information content (AvgIpc) is 3.60. The van der Waals surface area contributed by atoms with Crippen molar-refractivity contribution in [2.24, 2.45) is 0 Å². The Bertz CT molecular complexity index is 1710. The van der Waals surface area contributed by atoms with Gasteiger partial charge >= 0.3 is 0 Å². The minimum Gasteiger partial charge on any atom is -0.497 e. The fourth-order valence-corrected chi connectivity index (χ4v) is 5.58. The van der Waals surface area contributed by atoms with Crippen LogP contribution in [0.1, 0.15) is 22.9 Å². The van der Waals surface area contributed by atoms with Crippen LogP contribution in [0, 0.1) is 0 Å². The topological polar surface area (TPSA) is 167 Å². The molecule has 1 aliphatic rings. The lowest BCUT2D eigenvalue weighted by Gasteiger charge is -2.40. The van der Waals surface area contributed by atoms with Crippen LogP contribution in [-0.2, 0) is 15.1 Å². The highest BCUT2D eigenvalue weighted by Crippen LogP contribution is 2.46. The third-order valence-corrected chi connectivity index (χ3v) is 7.70. The molecule has 43 heavy (non-hydrogen) atoms. The van der Waals surface area contributed by atoms with Crippen LogP contribution in [-0.4, -0.2) is 68.9 Å². The summed E-state index contributed by atoms with van der Waals surface area (Å²) < 4.78 is 25.6. The number of fused-ring (bicyclic) bond motifs is 1. The van der Waals surface area contributed by atoms with Gasteiger partial charge < -0.3 is 34.9 Å². The zero-order chi connectivity index (χ0) is 30.1. The van der Waals surface area contributed by atoms with Crippen LogP contribution in [0.2, 0.25) is 0 Å². The quantitative estimate of drug-likeness (QED) is 0.189. The van der Waals surface area contributed by atoms with Gasteiger partial charge in [-0.05, 0) is 41.0 Å². The number of hydrogen-bond donors (Lipinski definition) is 4. The van der Waals surface area contributed by atoms with Gasteiger partial charge in [-0.3, -0.25) is 14.3 Å². The van der Waals surface area contributed by atoms with Gasteiger partial charge in [0, 0.05) is 0 Å². The summed E-state index contributed by atoms with van der Waals surface area (Å²) in [4.78, 5) is 23.5. The molecule has 3 aromatic carbocycles. The van der Waals surface area contributed by atoms with Crippen molar-refractivity contribution in [2.75, 3.05) is 26.6 Å². The summed E-state index contributed by atoms with van der Waals surface area (Å²) in [5.41, 5.74) is 6.44. The van der Waals surface area contributed by atoms with Crippen LogP contribution in [0.25, 0.3) is 11.2 Å². The average molecular weight is 586 g/mol. The van der Waals surface area contributed by atoms with E-state index in [0.717, 1.165) is 16.7 Å². The molecular formula is C31H31N5O7. The molecule has 3 heterocycles.